The van der Waals surface area contributed by atoms with Crippen LogP contribution in [-0.2, 0) is 16.0 Å². The Kier molecular flexibility index (Phi) is 6.44. The quantitative estimate of drug-likeness (QED) is 0.780. The first kappa shape index (κ1) is 17.3. The Morgan fingerprint density at radius 3 is 2.35 bits per heavy atom. The van der Waals surface area contributed by atoms with Crippen molar-refractivity contribution in [3.63, 3.8) is 0 Å². The predicted molar refractivity (Wildman–Crippen MR) is 92.9 cm³/mol. The number of anilines is 1. The molecule has 0 saturated carbocycles. The first-order valence-electron chi connectivity index (χ1n) is 7.10. The van der Waals surface area contributed by atoms with Crippen molar-refractivity contribution >= 4 is 40.7 Å². The SMILES string of the molecule is O=C(CC(=O)Nc1ccc(Cl)c(Cl)c1)NCCc1ccccc1. The molecule has 0 aliphatic carbocycles. The second-order valence-electron chi connectivity index (χ2n) is 4.94. The molecule has 6 heteroatoms. The van der Waals surface area contributed by atoms with Crippen LogP contribution in [0.4, 0.5) is 5.69 Å². The van der Waals surface area contributed by atoms with Gasteiger partial charge in [-0.15, -0.1) is 0 Å². The van der Waals surface area contributed by atoms with E-state index < -0.39 is 5.91 Å². The van der Waals surface area contributed by atoms with E-state index in [0.29, 0.717) is 22.3 Å². The maximum Gasteiger partial charge on any atom is 0.233 e. The summed E-state index contributed by atoms with van der Waals surface area (Å²) < 4.78 is 0. The fourth-order valence-corrected chi connectivity index (χ4v) is 2.28. The lowest BCUT2D eigenvalue weighted by molar-refractivity contribution is -0.126. The van der Waals surface area contributed by atoms with Gasteiger partial charge in [0.2, 0.25) is 11.8 Å². The average molecular weight is 351 g/mol. The van der Waals surface area contributed by atoms with Gasteiger partial charge in [0.05, 0.1) is 10.0 Å². The zero-order valence-corrected chi connectivity index (χ0v) is 13.8. The first-order chi connectivity index (χ1) is 11.0. The van der Waals surface area contributed by atoms with Gasteiger partial charge in [0, 0.05) is 12.2 Å². The van der Waals surface area contributed by atoms with Crippen LogP contribution in [0, 0.1) is 0 Å². The lowest BCUT2D eigenvalue weighted by atomic mass is 10.1. The normalized spacial score (nSPS) is 10.2. The van der Waals surface area contributed by atoms with E-state index in [2.05, 4.69) is 10.6 Å². The number of halogens is 2. The summed E-state index contributed by atoms with van der Waals surface area (Å²) in [6.07, 6.45) is 0.482. The minimum atomic E-state index is -0.402. The van der Waals surface area contributed by atoms with Gasteiger partial charge in [0.15, 0.2) is 0 Å². The van der Waals surface area contributed by atoms with Crippen molar-refractivity contribution in [3.05, 3.63) is 64.1 Å². The van der Waals surface area contributed by atoms with E-state index in [-0.39, 0.29) is 12.3 Å². The van der Waals surface area contributed by atoms with Crippen LogP contribution in [0.15, 0.2) is 48.5 Å². The Hall–Kier alpha value is -2.04. The molecule has 0 atom stereocenters. The third-order valence-corrected chi connectivity index (χ3v) is 3.84. The number of hydrogen-bond donors (Lipinski definition) is 2. The van der Waals surface area contributed by atoms with Gasteiger partial charge in [-0.25, -0.2) is 0 Å². The molecule has 0 bridgehead atoms. The molecule has 23 heavy (non-hydrogen) atoms. The summed E-state index contributed by atoms with van der Waals surface area (Å²) in [5, 5.41) is 6.08. The minimum absolute atomic E-state index is 0.241. The fourth-order valence-electron chi connectivity index (χ4n) is 1.98. The predicted octanol–water partition coefficient (Wildman–Crippen LogP) is 3.68. The summed E-state index contributed by atoms with van der Waals surface area (Å²) in [7, 11) is 0. The highest BCUT2D eigenvalue weighted by atomic mass is 35.5. The van der Waals surface area contributed by atoms with Gasteiger partial charge in [-0.3, -0.25) is 9.59 Å². The summed E-state index contributed by atoms with van der Waals surface area (Å²) in [4.78, 5) is 23.5. The average Bonchev–Trinajstić information content (AvgIpc) is 2.52. The van der Waals surface area contributed by atoms with Gasteiger partial charge in [-0.05, 0) is 30.2 Å². The second-order valence-corrected chi connectivity index (χ2v) is 5.75. The molecular weight excluding hydrogens is 335 g/mol. The molecule has 0 aromatic heterocycles. The van der Waals surface area contributed by atoms with E-state index in [1.807, 2.05) is 30.3 Å². The van der Waals surface area contributed by atoms with E-state index in [4.69, 9.17) is 23.2 Å². The van der Waals surface area contributed by atoms with Crippen molar-refractivity contribution in [1.82, 2.24) is 5.32 Å². The van der Waals surface area contributed by atoms with Crippen LogP contribution in [0.3, 0.4) is 0 Å². The molecular formula is C17H16Cl2N2O2. The van der Waals surface area contributed by atoms with E-state index in [1.165, 1.54) is 6.07 Å². The third kappa shape index (κ3) is 5.93. The molecule has 0 aliphatic rings. The molecule has 2 rings (SSSR count). The number of rotatable bonds is 6. The summed E-state index contributed by atoms with van der Waals surface area (Å²) in [6, 6.07) is 14.6. The number of carbonyl (C=O) groups is 2. The van der Waals surface area contributed by atoms with Gasteiger partial charge in [0.1, 0.15) is 6.42 Å². The number of nitrogens with one attached hydrogen (secondary N) is 2. The molecule has 0 saturated heterocycles. The van der Waals surface area contributed by atoms with E-state index >= 15 is 0 Å². The van der Waals surface area contributed by atoms with Crippen LogP contribution in [0.1, 0.15) is 12.0 Å². The Morgan fingerprint density at radius 1 is 0.913 bits per heavy atom. The Bertz CT molecular complexity index is 690. The topological polar surface area (TPSA) is 58.2 Å². The number of carbonyl (C=O) groups excluding carboxylic acids is 2. The molecule has 2 amide bonds. The van der Waals surface area contributed by atoms with Gasteiger partial charge < -0.3 is 10.6 Å². The molecule has 4 nitrogen and oxygen atoms in total. The lowest BCUT2D eigenvalue weighted by Gasteiger charge is -2.07. The molecule has 0 heterocycles. The first-order valence-corrected chi connectivity index (χ1v) is 7.86. The number of benzene rings is 2. The monoisotopic (exact) mass is 350 g/mol. The molecule has 2 N–H and O–H groups in total. The van der Waals surface area contributed by atoms with Crippen LogP contribution < -0.4 is 10.6 Å². The van der Waals surface area contributed by atoms with Gasteiger partial charge in [0.25, 0.3) is 0 Å². The van der Waals surface area contributed by atoms with Crippen molar-refractivity contribution in [3.8, 4) is 0 Å². The second kappa shape index (κ2) is 8.56. The maximum atomic E-state index is 11.8. The van der Waals surface area contributed by atoms with Gasteiger partial charge >= 0.3 is 0 Å². The summed E-state index contributed by atoms with van der Waals surface area (Å²) in [5.74, 6) is -0.723. The number of hydrogen-bond acceptors (Lipinski definition) is 2. The fraction of sp³-hybridized carbons (Fsp3) is 0.176. The highest BCUT2D eigenvalue weighted by Gasteiger charge is 2.10. The highest BCUT2D eigenvalue weighted by Crippen LogP contribution is 2.24. The van der Waals surface area contributed by atoms with Gasteiger partial charge in [-0.1, -0.05) is 53.5 Å². The Balaban J connectivity index is 1.74. The van der Waals surface area contributed by atoms with E-state index in [1.54, 1.807) is 12.1 Å². The molecule has 0 spiro atoms. The zero-order chi connectivity index (χ0) is 16.7. The van der Waals surface area contributed by atoms with Crippen molar-refractivity contribution < 1.29 is 9.59 Å². The zero-order valence-electron chi connectivity index (χ0n) is 12.3. The van der Waals surface area contributed by atoms with E-state index in [0.717, 1.165) is 12.0 Å². The largest absolute Gasteiger partial charge is 0.355 e. The van der Waals surface area contributed by atoms with Crippen LogP contribution in [-0.4, -0.2) is 18.4 Å². The van der Waals surface area contributed by atoms with Crippen LogP contribution in [0.25, 0.3) is 0 Å². The maximum absolute atomic E-state index is 11.8. The summed E-state index contributed by atoms with van der Waals surface area (Å²) >= 11 is 11.7. The van der Waals surface area contributed by atoms with Crippen LogP contribution in [0.5, 0.6) is 0 Å². The Labute approximate surface area is 144 Å². The van der Waals surface area contributed by atoms with Crippen molar-refractivity contribution in [2.45, 2.75) is 12.8 Å². The molecule has 0 fully saturated rings. The molecule has 0 aliphatic heterocycles. The molecule has 2 aromatic rings. The van der Waals surface area contributed by atoms with E-state index in [9.17, 15) is 9.59 Å². The molecule has 0 radical (unpaired) electrons. The highest BCUT2D eigenvalue weighted by molar-refractivity contribution is 6.42. The van der Waals surface area contributed by atoms with Crippen molar-refractivity contribution in [2.24, 2.45) is 0 Å². The summed E-state index contributed by atoms with van der Waals surface area (Å²) in [6.45, 7) is 0.489. The van der Waals surface area contributed by atoms with Crippen LogP contribution >= 0.6 is 23.2 Å². The lowest BCUT2D eigenvalue weighted by Crippen LogP contribution is -2.29. The minimum Gasteiger partial charge on any atom is -0.355 e. The van der Waals surface area contributed by atoms with Gasteiger partial charge in [-0.2, -0.15) is 0 Å². The smallest absolute Gasteiger partial charge is 0.233 e. The van der Waals surface area contributed by atoms with Crippen molar-refractivity contribution in [2.75, 3.05) is 11.9 Å². The van der Waals surface area contributed by atoms with Crippen molar-refractivity contribution in [1.29, 1.82) is 0 Å². The van der Waals surface area contributed by atoms with Crippen LogP contribution in [0.2, 0.25) is 10.0 Å². The third-order valence-electron chi connectivity index (χ3n) is 3.10. The molecule has 2 aromatic carbocycles. The molecule has 120 valence electrons. The Morgan fingerprint density at radius 2 is 1.65 bits per heavy atom. The number of amides is 2. The standard InChI is InChI=1S/C17H16Cl2N2O2/c18-14-7-6-13(10-15(14)19)21-17(23)11-16(22)20-9-8-12-4-2-1-3-5-12/h1-7,10H,8-9,11H2,(H,20,22)(H,21,23). The summed E-state index contributed by atoms with van der Waals surface area (Å²) in [5.41, 5.74) is 1.63. The molecule has 0 unspecified atom stereocenters.